The fraction of sp³-hybridized carbons (Fsp3) is 0.583. The molecule has 0 aromatic carbocycles. The van der Waals surface area contributed by atoms with E-state index in [4.69, 9.17) is 5.73 Å². The van der Waals surface area contributed by atoms with Gasteiger partial charge >= 0.3 is 0 Å². The van der Waals surface area contributed by atoms with E-state index in [0.717, 1.165) is 12.8 Å². The number of pyridine rings is 1. The maximum atomic E-state index is 9.77. The highest BCUT2D eigenvalue weighted by Crippen LogP contribution is 2.35. The summed E-state index contributed by atoms with van der Waals surface area (Å²) in [6.07, 6.45) is 5.17. The minimum Gasteiger partial charge on any atom is -0.391 e. The number of nitrogens with zero attached hydrogens (tertiary/aromatic N) is 1. The Morgan fingerprint density at radius 1 is 1.33 bits per heavy atom. The monoisotopic (exact) mass is 206 g/mol. The third kappa shape index (κ3) is 2.19. The fourth-order valence-corrected chi connectivity index (χ4v) is 2.48. The van der Waals surface area contributed by atoms with Crippen LogP contribution in [-0.2, 0) is 0 Å². The van der Waals surface area contributed by atoms with E-state index in [0.29, 0.717) is 5.92 Å². The molecule has 82 valence electrons. The summed E-state index contributed by atoms with van der Waals surface area (Å²) in [5, 5.41) is 9.77. The van der Waals surface area contributed by atoms with E-state index in [9.17, 15) is 5.11 Å². The van der Waals surface area contributed by atoms with E-state index >= 15 is 0 Å². The Bertz CT molecular complexity index is 303. The topological polar surface area (TPSA) is 59.1 Å². The molecule has 0 aliphatic heterocycles. The minimum atomic E-state index is -0.344. The van der Waals surface area contributed by atoms with Gasteiger partial charge in [-0.1, -0.05) is 6.92 Å². The number of aromatic nitrogens is 1. The highest BCUT2D eigenvalue weighted by Gasteiger charge is 2.32. The quantitative estimate of drug-likeness (QED) is 0.727. The van der Waals surface area contributed by atoms with Gasteiger partial charge in [-0.25, -0.2) is 0 Å². The lowest BCUT2D eigenvalue weighted by Gasteiger charge is -2.36. The van der Waals surface area contributed by atoms with Gasteiger partial charge in [0.2, 0.25) is 0 Å². The van der Waals surface area contributed by atoms with Crippen LogP contribution in [0.25, 0.3) is 0 Å². The van der Waals surface area contributed by atoms with Crippen molar-refractivity contribution in [3.63, 3.8) is 0 Å². The molecule has 1 fully saturated rings. The van der Waals surface area contributed by atoms with E-state index in [1.54, 1.807) is 0 Å². The molecule has 15 heavy (non-hydrogen) atoms. The SMILES string of the molecule is C[C@H]1C[C@@H](c2ccncc2)C[C@@H](N)[C@H]1O. The summed E-state index contributed by atoms with van der Waals surface area (Å²) < 4.78 is 0. The van der Waals surface area contributed by atoms with Crippen molar-refractivity contribution in [2.75, 3.05) is 0 Å². The van der Waals surface area contributed by atoms with Crippen molar-refractivity contribution in [1.82, 2.24) is 4.98 Å². The molecule has 2 rings (SSSR count). The number of hydrogen-bond donors (Lipinski definition) is 2. The molecule has 1 aromatic heterocycles. The number of rotatable bonds is 1. The number of aliphatic hydroxyl groups is 1. The first kappa shape index (κ1) is 10.6. The molecule has 0 spiro atoms. The largest absolute Gasteiger partial charge is 0.391 e. The van der Waals surface area contributed by atoms with Gasteiger partial charge in [0, 0.05) is 18.4 Å². The predicted octanol–water partition coefficient (Wildman–Crippen LogP) is 1.28. The highest BCUT2D eigenvalue weighted by atomic mass is 16.3. The first-order valence-corrected chi connectivity index (χ1v) is 5.52. The van der Waals surface area contributed by atoms with Crippen molar-refractivity contribution in [3.05, 3.63) is 30.1 Å². The Hall–Kier alpha value is -0.930. The Labute approximate surface area is 90.3 Å². The average molecular weight is 206 g/mol. The predicted molar refractivity (Wildman–Crippen MR) is 59.4 cm³/mol. The molecule has 1 aromatic rings. The van der Waals surface area contributed by atoms with Crippen LogP contribution in [0.5, 0.6) is 0 Å². The molecule has 1 saturated carbocycles. The van der Waals surface area contributed by atoms with Crippen LogP contribution in [0.15, 0.2) is 24.5 Å². The Morgan fingerprint density at radius 2 is 2.00 bits per heavy atom. The summed E-state index contributed by atoms with van der Waals surface area (Å²) >= 11 is 0. The van der Waals surface area contributed by atoms with E-state index in [1.807, 2.05) is 24.5 Å². The number of nitrogens with two attached hydrogens (primary N) is 1. The molecule has 0 radical (unpaired) electrons. The summed E-state index contributed by atoms with van der Waals surface area (Å²) in [6, 6.07) is 4.00. The standard InChI is InChI=1S/C12H18N2O/c1-8-6-10(7-11(13)12(8)15)9-2-4-14-5-3-9/h2-5,8,10-12,15H,6-7,13H2,1H3/t8-,10+,11+,12-/m0/s1. The Kier molecular flexibility index (Phi) is 3.03. The molecule has 1 aliphatic rings. The van der Waals surface area contributed by atoms with Gasteiger partial charge in [-0.2, -0.15) is 0 Å². The molecular formula is C12H18N2O. The second-order valence-corrected chi connectivity index (χ2v) is 4.58. The Morgan fingerprint density at radius 3 is 2.60 bits per heavy atom. The molecule has 1 heterocycles. The van der Waals surface area contributed by atoms with Gasteiger partial charge in [0.15, 0.2) is 0 Å². The maximum Gasteiger partial charge on any atom is 0.0716 e. The number of aliphatic hydroxyl groups excluding tert-OH is 1. The molecule has 0 saturated heterocycles. The van der Waals surface area contributed by atoms with Crippen LogP contribution in [0.4, 0.5) is 0 Å². The smallest absolute Gasteiger partial charge is 0.0716 e. The van der Waals surface area contributed by atoms with Crippen molar-refractivity contribution in [2.24, 2.45) is 11.7 Å². The minimum absolute atomic E-state index is 0.0908. The molecule has 0 bridgehead atoms. The third-order valence-electron chi connectivity index (χ3n) is 3.41. The van der Waals surface area contributed by atoms with Crippen LogP contribution in [0.1, 0.15) is 31.2 Å². The van der Waals surface area contributed by atoms with Crippen LogP contribution in [-0.4, -0.2) is 22.2 Å². The first-order valence-electron chi connectivity index (χ1n) is 5.52. The summed E-state index contributed by atoms with van der Waals surface area (Å²) in [7, 11) is 0. The molecule has 3 nitrogen and oxygen atoms in total. The second-order valence-electron chi connectivity index (χ2n) is 4.58. The van der Waals surface area contributed by atoms with E-state index < -0.39 is 0 Å². The zero-order valence-corrected chi connectivity index (χ0v) is 9.00. The zero-order valence-electron chi connectivity index (χ0n) is 9.00. The second kappa shape index (κ2) is 4.29. The zero-order chi connectivity index (χ0) is 10.8. The maximum absolute atomic E-state index is 9.77. The normalized spacial score (nSPS) is 36.5. The summed E-state index contributed by atoms with van der Waals surface area (Å²) in [5.41, 5.74) is 7.22. The highest BCUT2D eigenvalue weighted by molar-refractivity contribution is 5.17. The lowest BCUT2D eigenvalue weighted by molar-refractivity contribution is 0.0520. The summed E-state index contributed by atoms with van der Waals surface area (Å²) in [5.74, 6) is 0.758. The van der Waals surface area contributed by atoms with Crippen molar-refractivity contribution < 1.29 is 5.11 Å². The molecule has 0 amide bonds. The van der Waals surface area contributed by atoms with Gasteiger partial charge < -0.3 is 10.8 Å². The van der Waals surface area contributed by atoms with Gasteiger partial charge in [0.25, 0.3) is 0 Å². The van der Waals surface area contributed by atoms with Gasteiger partial charge in [-0.15, -0.1) is 0 Å². The molecular weight excluding hydrogens is 188 g/mol. The van der Waals surface area contributed by atoms with Gasteiger partial charge in [0.05, 0.1) is 6.10 Å². The van der Waals surface area contributed by atoms with E-state index in [1.165, 1.54) is 5.56 Å². The Balaban J connectivity index is 2.13. The molecule has 0 unspecified atom stereocenters. The van der Waals surface area contributed by atoms with Crippen molar-refractivity contribution in [2.45, 2.75) is 37.8 Å². The lowest BCUT2D eigenvalue weighted by Crippen LogP contribution is -2.44. The molecule has 1 aliphatic carbocycles. The summed E-state index contributed by atoms with van der Waals surface area (Å²) in [6.45, 7) is 2.07. The van der Waals surface area contributed by atoms with Crippen LogP contribution >= 0.6 is 0 Å². The fourth-order valence-electron chi connectivity index (χ4n) is 2.48. The van der Waals surface area contributed by atoms with Crippen molar-refractivity contribution in [1.29, 1.82) is 0 Å². The van der Waals surface area contributed by atoms with Crippen molar-refractivity contribution in [3.8, 4) is 0 Å². The molecule has 4 atom stereocenters. The first-order chi connectivity index (χ1) is 7.18. The van der Waals surface area contributed by atoms with Crippen molar-refractivity contribution >= 4 is 0 Å². The third-order valence-corrected chi connectivity index (χ3v) is 3.41. The van der Waals surface area contributed by atoms with E-state index in [2.05, 4.69) is 11.9 Å². The van der Waals surface area contributed by atoms with E-state index in [-0.39, 0.29) is 18.1 Å². The molecule has 3 heteroatoms. The van der Waals surface area contributed by atoms with Crippen LogP contribution in [0.2, 0.25) is 0 Å². The van der Waals surface area contributed by atoms with Crippen LogP contribution in [0.3, 0.4) is 0 Å². The summed E-state index contributed by atoms with van der Waals surface area (Å²) in [4.78, 5) is 4.01. The van der Waals surface area contributed by atoms with Gasteiger partial charge in [-0.3, -0.25) is 4.98 Å². The van der Waals surface area contributed by atoms with Gasteiger partial charge in [-0.05, 0) is 42.4 Å². The average Bonchev–Trinajstić information content (AvgIpc) is 2.26. The number of hydrogen-bond acceptors (Lipinski definition) is 3. The van der Waals surface area contributed by atoms with Crippen LogP contribution in [0, 0.1) is 5.92 Å². The van der Waals surface area contributed by atoms with Crippen LogP contribution < -0.4 is 5.73 Å². The van der Waals surface area contributed by atoms with Gasteiger partial charge in [0.1, 0.15) is 0 Å². The molecule has 3 N–H and O–H groups in total. The lowest BCUT2D eigenvalue weighted by atomic mass is 9.75.